The van der Waals surface area contributed by atoms with Gasteiger partial charge >= 0.3 is 5.97 Å². The van der Waals surface area contributed by atoms with Crippen LogP contribution in [0.2, 0.25) is 0 Å². The van der Waals surface area contributed by atoms with Crippen LogP contribution in [0.1, 0.15) is 16.7 Å². The summed E-state index contributed by atoms with van der Waals surface area (Å²) in [6.07, 6.45) is 0. The van der Waals surface area contributed by atoms with Crippen LogP contribution >= 0.6 is 0 Å². The van der Waals surface area contributed by atoms with E-state index in [1.807, 2.05) is 43.3 Å². The molecule has 0 radical (unpaired) electrons. The summed E-state index contributed by atoms with van der Waals surface area (Å²) in [5.41, 5.74) is 0.286. The SMILES string of the molecule is Cc1cccc(C(O)(C(=O)OCC2C3CN(C)CC23)c2ccccc2)c1. The molecule has 1 saturated carbocycles. The lowest BCUT2D eigenvalue weighted by Crippen LogP contribution is -2.39. The number of fused-ring (bicyclic) bond motifs is 1. The van der Waals surface area contributed by atoms with Gasteiger partial charge in [-0.1, -0.05) is 60.2 Å². The molecule has 0 bridgehead atoms. The molecule has 2 aromatic rings. The first-order valence-corrected chi connectivity index (χ1v) is 9.21. The molecule has 1 heterocycles. The number of piperidine rings is 1. The Balaban J connectivity index is 1.56. The lowest BCUT2D eigenvalue weighted by molar-refractivity contribution is -0.163. The number of likely N-dealkylation sites (tertiary alicyclic amines) is 1. The number of esters is 1. The van der Waals surface area contributed by atoms with Gasteiger partial charge in [0.25, 0.3) is 0 Å². The molecule has 26 heavy (non-hydrogen) atoms. The normalized spacial score (nSPS) is 26.8. The van der Waals surface area contributed by atoms with Crippen LogP contribution in [-0.4, -0.2) is 42.7 Å². The van der Waals surface area contributed by atoms with Gasteiger partial charge < -0.3 is 14.7 Å². The average molecular weight is 351 g/mol. The molecule has 0 spiro atoms. The van der Waals surface area contributed by atoms with Crippen molar-refractivity contribution in [2.45, 2.75) is 12.5 Å². The number of aliphatic hydroxyl groups is 1. The fraction of sp³-hybridized carbons (Fsp3) is 0.409. The van der Waals surface area contributed by atoms with Crippen LogP contribution in [-0.2, 0) is 15.1 Å². The molecule has 2 fully saturated rings. The predicted molar refractivity (Wildman–Crippen MR) is 99.5 cm³/mol. The first-order chi connectivity index (χ1) is 12.5. The maximum Gasteiger partial charge on any atom is 0.347 e. The van der Waals surface area contributed by atoms with E-state index in [-0.39, 0.29) is 0 Å². The summed E-state index contributed by atoms with van der Waals surface area (Å²) in [4.78, 5) is 15.3. The summed E-state index contributed by atoms with van der Waals surface area (Å²) < 4.78 is 5.64. The molecule has 3 atom stereocenters. The van der Waals surface area contributed by atoms with Gasteiger partial charge in [0.2, 0.25) is 5.60 Å². The summed E-state index contributed by atoms with van der Waals surface area (Å²) in [5.74, 6) is 1.12. The molecule has 0 amide bonds. The molecule has 1 aliphatic carbocycles. The van der Waals surface area contributed by atoms with Crippen LogP contribution < -0.4 is 0 Å². The summed E-state index contributed by atoms with van der Waals surface area (Å²) in [5, 5.41) is 11.4. The lowest BCUT2D eigenvalue weighted by Gasteiger charge is -2.27. The van der Waals surface area contributed by atoms with Gasteiger partial charge in [-0.05, 0) is 36.9 Å². The Morgan fingerprint density at radius 1 is 1.12 bits per heavy atom. The smallest absolute Gasteiger partial charge is 0.347 e. The van der Waals surface area contributed by atoms with Crippen molar-refractivity contribution in [3.63, 3.8) is 0 Å². The minimum atomic E-state index is -1.78. The van der Waals surface area contributed by atoms with Crippen LogP contribution in [0.5, 0.6) is 0 Å². The zero-order chi connectivity index (χ0) is 18.3. The van der Waals surface area contributed by atoms with E-state index >= 15 is 0 Å². The van der Waals surface area contributed by atoms with E-state index in [2.05, 4.69) is 11.9 Å². The molecular formula is C22H25NO3. The van der Waals surface area contributed by atoms with Crippen molar-refractivity contribution in [2.24, 2.45) is 17.8 Å². The molecule has 4 rings (SSSR count). The van der Waals surface area contributed by atoms with E-state index in [0.717, 1.165) is 18.7 Å². The van der Waals surface area contributed by atoms with E-state index in [4.69, 9.17) is 4.74 Å². The number of ether oxygens (including phenoxy) is 1. The third-order valence-corrected chi connectivity index (χ3v) is 5.88. The second-order valence-corrected chi connectivity index (χ2v) is 7.76. The van der Waals surface area contributed by atoms with Gasteiger partial charge in [0, 0.05) is 19.0 Å². The summed E-state index contributed by atoms with van der Waals surface area (Å²) >= 11 is 0. The molecule has 1 aliphatic heterocycles. The van der Waals surface area contributed by atoms with E-state index in [1.54, 1.807) is 18.2 Å². The van der Waals surface area contributed by atoms with Gasteiger partial charge in [-0.15, -0.1) is 0 Å². The van der Waals surface area contributed by atoms with Crippen LogP contribution in [0.3, 0.4) is 0 Å². The van der Waals surface area contributed by atoms with Crippen LogP contribution in [0.25, 0.3) is 0 Å². The number of rotatable bonds is 5. The van der Waals surface area contributed by atoms with Gasteiger partial charge in [0.05, 0.1) is 6.61 Å². The minimum absolute atomic E-state index is 0.392. The van der Waals surface area contributed by atoms with Gasteiger partial charge in [-0.25, -0.2) is 4.79 Å². The van der Waals surface area contributed by atoms with Gasteiger partial charge in [-0.3, -0.25) is 0 Å². The summed E-state index contributed by atoms with van der Waals surface area (Å²) in [6, 6.07) is 16.5. The standard InChI is InChI=1S/C22H25NO3/c1-15-7-6-10-17(11-15)22(25,16-8-4-3-5-9-16)21(24)26-14-20-18-12-23(2)13-19(18)20/h3-11,18-20,25H,12-14H2,1-2H3. The molecular weight excluding hydrogens is 326 g/mol. The van der Waals surface area contributed by atoms with Crippen molar-refractivity contribution in [3.05, 3.63) is 71.3 Å². The van der Waals surface area contributed by atoms with Gasteiger partial charge in [0.15, 0.2) is 0 Å². The Kier molecular flexibility index (Phi) is 4.33. The van der Waals surface area contributed by atoms with E-state index < -0.39 is 11.6 Å². The fourth-order valence-electron chi connectivity index (χ4n) is 4.34. The number of carbonyl (C=O) groups is 1. The molecule has 1 saturated heterocycles. The van der Waals surface area contributed by atoms with E-state index in [0.29, 0.717) is 35.5 Å². The lowest BCUT2D eigenvalue weighted by atomic mass is 9.85. The molecule has 0 aromatic heterocycles. The third kappa shape index (κ3) is 2.93. The monoisotopic (exact) mass is 351 g/mol. The number of hydrogen-bond donors (Lipinski definition) is 1. The number of nitrogens with zero attached hydrogens (tertiary/aromatic N) is 1. The molecule has 1 N–H and O–H groups in total. The number of benzene rings is 2. The highest BCUT2D eigenvalue weighted by molar-refractivity contribution is 5.85. The number of hydrogen-bond acceptors (Lipinski definition) is 4. The van der Waals surface area contributed by atoms with Crippen molar-refractivity contribution < 1.29 is 14.6 Å². The Labute approximate surface area is 154 Å². The second-order valence-electron chi connectivity index (χ2n) is 7.76. The molecule has 4 heteroatoms. The average Bonchev–Trinajstić information content (AvgIpc) is 3.12. The molecule has 2 aliphatic rings. The molecule has 3 unspecified atom stereocenters. The highest BCUT2D eigenvalue weighted by atomic mass is 16.5. The Morgan fingerprint density at radius 3 is 2.42 bits per heavy atom. The molecule has 2 aromatic carbocycles. The fourth-order valence-corrected chi connectivity index (χ4v) is 4.34. The summed E-state index contributed by atoms with van der Waals surface area (Å²) in [6.45, 7) is 4.49. The Bertz CT molecular complexity index is 794. The van der Waals surface area contributed by atoms with E-state index in [9.17, 15) is 9.90 Å². The predicted octanol–water partition coefficient (Wildman–Crippen LogP) is 2.58. The second kappa shape index (κ2) is 6.53. The van der Waals surface area contributed by atoms with E-state index in [1.165, 1.54) is 0 Å². The minimum Gasteiger partial charge on any atom is -0.463 e. The molecule has 136 valence electrons. The zero-order valence-corrected chi connectivity index (χ0v) is 15.3. The topological polar surface area (TPSA) is 49.8 Å². The van der Waals surface area contributed by atoms with Crippen molar-refractivity contribution in [3.8, 4) is 0 Å². The first-order valence-electron chi connectivity index (χ1n) is 9.21. The van der Waals surface area contributed by atoms with Crippen molar-refractivity contribution >= 4 is 5.97 Å². The number of carbonyl (C=O) groups excluding carboxylic acids is 1. The van der Waals surface area contributed by atoms with Crippen molar-refractivity contribution in [1.82, 2.24) is 4.90 Å². The third-order valence-electron chi connectivity index (χ3n) is 5.88. The Hall–Kier alpha value is -2.17. The maximum absolute atomic E-state index is 13.0. The van der Waals surface area contributed by atoms with Gasteiger partial charge in [-0.2, -0.15) is 0 Å². The highest BCUT2D eigenvalue weighted by Crippen LogP contribution is 2.51. The first kappa shape index (κ1) is 17.3. The van der Waals surface area contributed by atoms with Crippen molar-refractivity contribution in [2.75, 3.05) is 26.7 Å². The Morgan fingerprint density at radius 2 is 1.77 bits per heavy atom. The highest BCUT2D eigenvalue weighted by Gasteiger charge is 2.55. The van der Waals surface area contributed by atoms with Gasteiger partial charge in [0.1, 0.15) is 0 Å². The van der Waals surface area contributed by atoms with Crippen molar-refractivity contribution in [1.29, 1.82) is 0 Å². The number of aryl methyl sites for hydroxylation is 1. The largest absolute Gasteiger partial charge is 0.463 e. The molecule has 4 nitrogen and oxygen atoms in total. The summed E-state index contributed by atoms with van der Waals surface area (Å²) in [7, 11) is 2.13. The van der Waals surface area contributed by atoms with Crippen LogP contribution in [0.15, 0.2) is 54.6 Å². The zero-order valence-electron chi connectivity index (χ0n) is 15.3. The van der Waals surface area contributed by atoms with Crippen LogP contribution in [0.4, 0.5) is 0 Å². The maximum atomic E-state index is 13.0. The quantitative estimate of drug-likeness (QED) is 0.841. The van der Waals surface area contributed by atoms with Crippen LogP contribution in [0, 0.1) is 24.7 Å².